The second-order valence-corrected chi connectivity index (χ2v) is 6.04. The van der Waals surface area contributed by atoms with Crippen molar-refractivity contribution in [2.75, 3.05) is 20.0 Å². The summed E-state index contributed by atoms with van der Waals surface area (Å²) in [5.41, 5.74) is 0.461. The molecule has 5 nitrogen and oxygen atoms in total. The van der Waals surface area contributed by atoms with E-state index in [-0.39, 0.29) is 5.56 Å². The largest absolute Gasteiger partial charge is 0.385 e. The molecule has 7 heteroatoms. The number of methoxy groups -OCH3 is 1. The van der Waals surface area contributed by atoms with Gasteiger partial charge in [-0.3, -0.25) is 9.36 Å². The van der Waals surface area contributed by atoms with Gasteiger partial charge in [-0.15, -0.1) is 0 Å². The van der Waals surface area contributed by atoms with Crippen LogP contribution in [0.1, 0.15) is 19.2 Å². The van der Waals surface area contributed by atoms with E-state index in [4.69, 9.17) is 4.74 Å². The zero-order valence-corrected chi connectivity index (χ0v) is 12.9. The van der Waals surface area contributed by atoms with Crippen LogP contribution in [0.3, 0.4) is 0 Å². The first-order chi connectivity index (χ1) is 9.21. The van der Waals surface area contributed by atoms with Crippen molar-refractivity contribution in [3.05, 3.63) is 16.2 Å². The van der Waals surface area contributed by atoms with Gasteiger partial charge in [-0.1, -0.05) is 23.1 Å². The Balaban J connectivity index is 2.47. The quantitative estimate of drug-likeness (QED) is 0.604. The van der Waals surface area contributed by atoms with Crippen molar-refractivity contribution in [3.63, 3.8) is 0 Å². The molecule has 0 aliphatic heterocycles. The molecule has 0 spiro atoms. The van der Waals surface area contributed by atoms with E-state index in [1.54, 1.807) is 23.4 Å². The molecule has 0 saturated heterocycles. The smallest absolute Gasteiger partial charge is 0.280 e. The zero-order chi connectivity index (χ0) is 13.8. The van der Waals surface area contributed by atoms with Crippen LogP contribution in [0, 0.1) is 0 Å². The first-order valence-corrected chi connectivity index (χ1v) is 8.18. The van der Waals surface area contributed by atoms with Gasteiger partial charge in [-0.2, -0.15) is 0 Å². The minimum absolute atomic E-state index is 0.0310. The van der Waals surface area contributed by atoms with Crippen molar-refractivity contribution in [3.8, 4) is 0 Å². The molecule has 0 atom stereocenters. The molecule has 2 aromatic rings. The predicted molar refractivity (Wildman–Crippen MR) is 79.3 cm³/mol. The van der Waals surface area contributed by atoms with Gasteiger partial charge in [0.05, 0.1) is 0 Å². The molecule has 0 N–H and O–H groups in total. The molecule has 2 rings (SSSR count). The predicted octanol–water partition coefficient (Wildman–Crippen LogP) is 2.17. The van der Waals surface area contributed by atoms with E-state index in [0.717, 1.165) is 27.8 Å². The second kappa shape index (κ2) is 6.49. The van der Waals surface area contributed by atoms with Crippen LogP contribution in [0.2, 0.25) is 0 Å². The van der Waals surface area contributed by atoms with Gasteiger partial charge >= 0.3 is 0 Å². The molecule has 0 unspecified atom stereocenters. The lowest BCUT2D eigenvalue weighted by atomic mass is 10.3. The Labute approximate surface area is 120 Å². The molecule has 0 aliphatic rings. The van der Waals surface area contributed by atoms with Crippen molar-refractivity contribution in [2.24, 2.45) is 0 Å². The molecule has 0 saturated carbocycles. The molecule has 0 amide bonds. The summed E-state index contributed by atoms with van der Waals surface area (Å²) in [5.74, 6) is 0.827. The van der Waals surface area contributed by atoms with Crippen LogP contribution in [-0.2, 0) is 17.7 Å². The van der Waals surface area contributed by atoms with Crippen molar-refractivity contribution >= 4 is 33.4 Å². The second-order valence-electron chi connectivity index (χ2n) is 4.01. The van der Waals surface area contributed by atoms with E-state index in [2.05, 4.69) is 9.97 Å². The monoisotopic (exact) mass is 299 g/mol. The third kappa shape index (κ3) is 2.98. The lowest BCUT2D eigenvalue weighted by Crippen LogP contribution is -2.24. The molecule has 0 radical (unpaired) electrons. The fourth-order valence-corrected chi connectivity index (χ4v) is 3.35. The minimum atomic E-state index is -0.0310. The molecule has 0 aromatic carbocycles. The van der Waals surface area contributed by atoms with Crippen molar-refractivity contribution in [2.45, 2.75) is 30.6 Å². The molecule has 2 heterocycles. The van der Waals surface area contributed by atoms with Gasteiger partial charge in [0, 0.05) is 26.7 Å². The van der Waals surface area contributed by atoms with Crippen molar-refractivity contribution < 1.29 is 4.74 Å². The Morgan fingerprint density at radius 2 is 2.21 bits per heavy atom. The van der Waals surface area contributed by atoms with Crippen LogP contribution in [0.4, 0.5) is 0 Å². The fraction of sp³-hybridized carbons (Fsp3) is 0.583. The number of aryl methyl sites for hydroxylation is 1. The van der Waals surface area contributed by atoms with Crippen molar-refractivity contribution in [1.82, 2.24) is 14.5 Å². The van der Waals surface area contributed by atoms with E-state index in [1.807, 2.05) is 13.2 Å². The Morgan fingerprint density at radius 1 is 1.42 bits per heavy atom. The van der Waals surface area contributed by atoms with Crippen LogP contribution in [-0.4, -0.2) is 34.5 Å². The molecule has 2 aromatic heterocycles. The first kappa shape index (κ1) is 14.5. The molecular weight excluding hydrogens is 282 g/mol. The van der Waals surface area contributed by atoms with Gasteiger partial charge in [0.2, 0.25) is 0 Å². The van der Waals surface area contributed by atoms with Gasteiger partial charge in [-0.25, -0.2) is 9.97 Å². The number of hydrogen-bond donors (Lipinski definition) is 0. The van der Waals surface area contributed by atoms with Gasteiger partial charge < -0.3 is 4.74 Å². The van der Waals surface area contributed by atoms with Crippen LogP contribution in [0.5, 0.6) is 0 Å². The minimum Gasteiger partial charge on any atom is -0.385 e. The Kier molecular flexibility index (Phi) is 4.95. The number of aromatic nitrogens is 3. The van der Waals surface area contributed by atoms with E-state index in [9.17, 15) is 4.79 Å². The first-order valence-electron chi connectivity index (χ1n) is 6.14. The lowest BCUT2D eigenvalue weighted by Gasteiger charge is -2.09. The normalized spacial score (nSPS) is 11.3. The summed E-state index contributed by atoms with van der Waals surface area (Å²) < 4.78 is 7.64. The third-order valence-electron chi connectivity index (χ3n) is 2.82. The molecule has 19 heavy (non-hydrogen) atoms. The highest BCUT2D eigenvalue weighted by Crippen LogP contribution is 2.25. The van der Waals surface area contributed by atoms with Gasteiger partial charge in [0.15, 0.2) is 14.7 Å². The molecular formula is C12H17N3O2S2. The Bertz CT molecular complexity index is 621. The standard InChI is InChI=1S/C12H17N3O2S2/c1-4-15-8(6-5-7-17-2)13-10-9(11(15)16)14-12(18-3)19-10/h4-7H2,1-3H3. The molecule has 0 bridgehead atoms. The van der Waals surface area contributed by atoms with Gasteiger partial charge in [0.1, 0.15) is 5.82 Å². The van der Waals surface area contributed by atoms with E-state index in [1.165, 1.54) is 11.3 Å². The summed E-state index contributed by atoms with van der Waals surface area (Å²) in [6, 6.07) is 0. The third-order valence-corrected chi connectivity index (χ3v) is 4.75. The number of rotatable bonds is 6. The van der Waals surface area contributed by atoms with E-state index >= 15 is 0 Å². The van der Waals surface area contributed by atoms with Crippen molar-refractivity contribution in [1.29, 1.82) is 0 Å². The summed E-state index contributed by atoms with van der Waals surface area (Å²) in [7, 11) is 1.68. The highest BCUT2D eigenvalue weighted by atomic mass is 32.2. The van der Waals surface area contributed by atoms with Crippen LogP contribution in [0.25, 0.3) is 10.3 Å². The summed E-state index contributed by atoms with van der Waals surface area (Å²) in [5, 5.41) is 0. The van der Waals surface area contributed by atoms with E-state index in [0.29, 0.717) is 18.7 Å². The number of ether oxygens (including phenoxy) is 1. The van der Waals surface area contributed by atoms with Gasteiger partial charge in [0.25, 0.3) is 5.56 Å². The summed E-state index contributed by atoms with van der Waals surface area (Å²) >= 11 is 3.02. The van der Waals surface area contributed by atoms with Crippen LogP contribution in [0.15, 0.2) is 9.13 Å². The Morgan fingerprint density at radius 3 is 2.84 bits per heavy atom. The molecule has 0 aliphatic carbocycles. The zero-order valence-electron chi connectivity index (χ0n) is 11.3. The number of thioether (sulfide) groups is 1. The lowest BCUT2D eigenvalue weighted by molar-refractivity contribution is 0.194. The maximum Gasteiger partial charge on any atom is 0.280 e. The number of nitrogens with zero attached hydrogens (tertiary/aromatic N) is 3. The number of hydrogen-bond acceptors (Lipinski definition) is 6. The van der Waals surface area contributed by atoms with Crippen LogP contribution < -0.4 is 5.56 Å². The summed E-state index contributed by atoms with van der Waals surface area (Å²) in [6.45, 7) is 3.25. The molecule has 104 valence electrons. The highest BCUT2D eigenvalue weighted by Gasteiger charge is 2.14. The average molecular weight is 299 g/mol. The molecule has 0 fully saturated rings. The average Bonchev–Trinajstić information content (AvgIpc) is 2.83. The summed E-state index contributed by atoms with van der Waals surface area (Å²) in [4.78, 5) is 22.0. The van der Waals surface area contributed by atoms with Crippen LogP contribution >= 0.6 is 23.1 Å². The fourth-order valence-electron chi connectivity index (χ4n) is 1.91. The SMILES string of the molecule is CCn1c(CCCOC)nc2sc(SC)nc2c1=O. The summed E-state index contributed by atoms with van der Waals surface area (Å²) in [6.07, 6.45) is 3.57. The maximum atomic E-state index is 12.4. The van der Waals surface area contributed by atoms with E-state index < -0.39 is 0 Å². The number of fused-ring (bicyclic) bond motifs is 1. The topological polar surface area (TPSA) is 57.0 Å². The maximum absolute atomic E-state index is 12.4. The number of thiazole rings is 1. The van der Waals surface area contributed by atoms with Gasteiger partial charge in [-0.05, 0) is 19.6 Å². The Hall–Kier alpha value is -0.920. The highest BCUT2D eigenvalue weighted by molar-refractivity contribution is 8.00.